The van der Waals surface area contributed by atoms with E-state index in [0.717, 1.165) is 35.3 Å². The quantitative estimate of drug-likeness (QED) is 0.0725. The van der Waals surface area contributed by atoms with E-state index in [-0.39, 0.29) is 55.0 Å². The Morgan fingerprint density at radius 1 is 0.895 bits per heavy atom. The maximum absolute atomic E-state index is 14.6. The Morgan fingerprint density at radius 2 is 1.63 bits per heavy atom. The highest BCUT2D eigenvalue weighted by molar-refractivity contribution is 6.39. The van der Waals surface area contributed by atoms with Gasteiger partial charge >= 0.3 is 5.97 Å². The summed E-state index contributed by atoms with van der Waals surface area (Å²) in [4.78, 5) is 80.8. The number of carbonyl (C=O) groups excluding carboxylic acids is 5. The zero-order valence-corrected chi connectivity index (χ0v) is 46.4. The van der Waals surface area contributed by atoms with Gasteiger partial charge in [-0.25, -0.2) is 14.8 Å². The number of allylic oxidation sites excluding steroid dienone is 6. The minimum atomic E-state index is -2.46. The molecule has 2 bridgehead atoms. The van der Waals surface area contributed by atoms with Gasteiger partial charge in [-0.05, 0) is 125 Å². The van der Waals surface area contributed by atoms with Gasteiger partial charge in [-0.1, -0.05) is 64.2 Å². The molecule has 4 N–H and O–H groups in total. The molecule has 0 aromatic carbocycles. The number of fused-ring (bicyclic) bond motifs is 3. The first-order chi connectivity index (χ1) is 36.2. The molecule has 3 fully saturated rings. The first-order valence-corrected chi connectivity index (χ1v) is 27.4. The Balaban J connectivity index is 1.40. The summed E-state index contributed by atoms with van der Waals surface area (Å²) in [6, 6.07) is -2.05. The van der Waals surface area contributed by atoms with Gasteiger partial charge in [-0.3, -0.25) is 19.2 Å². The van der Waals surface area contributed by atoms with Crippen molar-refractivity contribution in [2.24, 2.45) is 35.3 Å². The highest BCUT2D eigenvalue weighted by Crippen LogP contribution is 2.37. The van der Waals surface area contributed by atoms with Crippen molar-refractivity contribution in [2.75, 3.05) is 34.5 Å². The number of hydrogen-bond donors (Lipinski definition) is 3. The second kappa shape index (κ2) is 29.8. The first-order valence-electron chi connectivity index (χ1n) is 27.4. The molecule has 76 heavy (non-hydrogen) atoms. The molecule has 2 saturated heterocycles. The van der Waals surface area contributed by atoms with Gasteiger partial charge in [0.15, 0.2) is 5.78 Å². The third kappa shape index (κ3) is 16.9. The van der Waals surface area contributed by atoms with E-state index in [0.29, 0.717) is 75.8 Å². The Hall–Kier alpha value is -4.77. The summed E-state index contributed by atoms with van der Waals surface area (Å²) >= 11 is 0. The van der Waals surface area contributed by atoms with Gasteiger partial charge in [0.1, 0.15) is 30.1 Å². The average Bonchev–Trinajstić information content (AvgIpc) is 3.43. The molecule has 0 spiro atoms. The van der Waals surface area contributed by atoms with Crippen LogP contribution in [0.4, 0.5) is 0 Å². The van der Waals surface area contributed by atoms with Crippen LogP contribution in [0.5, 0.6) is 0 Å². The number of nitrogens with two attached hydrogens (primary N) is 1. The number of aliphatic hydroxyl groups excluding tert-OH is 1. The number of amides is 1. The van der Waals surface area contributed by atoms with Gasteiger partial charge in [-0.2, -0.15) is 0 Å². The maximum atomic E-state index is 14.6. The predicted molar refractivity (Wildman–Crippen MR) is 286 cm³/mol. The lowest BCUT2D eigenvalue weighted by Crippen LogP contribution is -2.61. The number of ketones is 3. The number of hydrogen-bond acceptors (Lipinski definition) is 16. The monoisotopic (exact) mass is 1060 g/mol. The van der Waals surface area contributed by atoms with Crippen LogP contribution in [0.25, 0.3) is 0 Å². The van der Waals surface area contributed by atoms with Crippen LogP contribution >= 0.6 is 0 Å². The highest BCUT2D eigenvalue weighted by Gasteiger charge is 2.53. The fourth-order valence-electron chi connectivity index (χ4n) is 11.1. The molecule has 420 valence electrons. The van der Waals surface area contributed by atoms with Crippen molar-refractivity contribution in [1.82, 2.24) is 14.9 Å². The molecule has 15 atom stereocenters. The normalized spacial score (nSPS) is 36.1. The Kier molecular flexibility index (Phi) is 24.4. The van der Waals surface area contributed by atoms with E-state index in [1.54, 1.807) is 53.5 Å². The second-order valence-corrected chi connectivity index (χ2v) is 21.8. The molecular formula is C59H86N4O13. The molecule has 0 unspecified atom stereocenters. The van der Waals surface area contributed by atoms with Gasteiger partial charge in [0.2, 0.25) is 11.6 Å². The van der Waals surface area contributed by atoms with E-state index in [4.69, 9.17) is 40.6 Å². The SMILES string of the molecule is C#Cc1ncc(CCCO[C@@H]2CC[C@@H](C[C@@H](N)[C@@H]3CC(=O)[C@H](C)/C=C(\C)[C@@H](O)[C@@H](OC)C(=O)[C@H](C)C[C@H](C)/C=C/C=C/C=C(\C)[C@@H](OC)C[C@@H]4CC[C@@H](C)[C@@](O)(O4)C(=O)C(=O)N4CCCC[C@H]4C(=O)O3)C[C@H]2OC)cn1. The van der Waals surface area contributed by atoms with Gasteiger partial charge in [0.05, 0.1) is 24.4 Å². The molecule has 1 aliphatic carbocycles. The summed E-state index contributed by atoms with van der Waals surface area (Å²) in [5.41, 5.74) is 9.20. The van der Waals surface area contributed by atoms with E-state index in [1.165, 1.54) is 7.11 Å². The number of terminal acetylenes is 1. The van der Waals surface area contributed by atoms with E-state index >= 15 is 0 Å². The van der Waals surface area contributed by atoms with E-state index in [2.05, 4.69) is 15.9 Å². The van der Waals surface area contributed by atoms with Crippen LogP contribution in [0.15, 0.2) is 60.0 Å². The molecule has 1 amide bonds. The van der Waals surface area contributed by atoms with Crippen LogP contribution in [0.2, 0.25) is 0 Å². The molecule has 1 saturated carbocycles. The number of methoxy groups -OCH3 is 3. The number of cyclic esters (lactones) is 1. The van der Waals surface area contributed by atoms with Crippen LogP contribution in [-0.2, 0) is 58.8 Å². The number of piperidine rings is 1. The number of rotatable bonds is 11. The summed E-state index contributed by atoms with van der Waals surface area (Å²) in [6.07, 6.45) is 21.3. The number of Topliss-reactive ketones (excluding diaryl/α,β-unsaturated/α-hetero) is 3. The lowest BCUT2D eigenvalue weighted by Gasteiger charge is -2.42. The molecular weight excluding hydrogens is 973 g/mol. The average molecular weight is 1060 g/mol. The van der Waals surface area contributed by atoms with E-state index < -0.39 is 83.8 Å². The minimum absolute atomic E-state index is 0.00112. The van der Waals surface area contributed by atoms with Crippen LogP contribution < -0.4 is 5.73 Å². The predicted octanol–water partition coefficient (Wildman–Crippen LogP) is 6.30. The number of ether oxygens (including phenoxy) is 6. The first kappa shape index (κ1) is 62.1. The summed E-state index contributed by atoms with van der Waals surface area (Å²) in [5, 5.41) is 23.6. The van der Waals surface area contributed by atoms with Crippen LogP contribution in [-0.4, -0.2) is 149 Å². The topological polar surface area (TPSA) is 236 Å². The molecule has 3 aliphatic heterocycles. The summed E-state index contributed by atoms with van der Waals surface area (Å²) in [6.45, 7) is 11.2. The van der Waals surface area contributed by atoms with E-state index in [1.807, 2.05) is 51.2 Å². The fourth-order valence-corrected chi connectivity index (χ4v) is 11.1. The van der Waals surface area contributed by atoms with Crippen molar-refractivity contribution >= 4 is 29.2 Å². The smallest absolute Gasteiger partial charge is 0.329 e. The summed E-state index contributed by atoms with van der Waals surface area (Å²) in [5.74, 6) is -5.35. The molecule has 17 nitrogen and oxygen atoms in total. The standard InChI is InChI=1S/C59H86N4O13/c1-11-52-61-34-43(35-62-52)20-17-27-74-48-25-23-42(31-51(48)72-9)30-45(60)50-33-47(64)38(4)29-40(6)54(66)55(73-10)53(65)39(5)28-36(2)18-13-12-14-19-37(3)49(71-8)32-44-24-22-41(7)59(70,76-44)56(67)57(68)63-26-16-15-21-46(63)58(69)75-50/h1,12-14,18-19,29,34-36,38-39,41-42,44-46,48-51,54-55,66,70H,15-17,20-28,30-33,60H2,2-10H3/b14-12+,18-13+,37-19+,40-29+/t36-,38-,39-,41-,42+,44+,45-,46+,48-,49+,50+,51-,54-,55+,59-/m1/s1. The van der Waals surface area contributed by atoms with Crippen molar-refractivity contribution in [3.05, 3.63) is 71.4 Å². The fraction of sp³-hybridized carbons (Fsp3) is 0.678. The number of esters is 1. The Bertz CT molecular complexity index is 2270. The van der Waals surface area contributed by atoms with Gasteiger partial charge in [0.25, 0.3) is 11.7 Å². The summed E-state index contributed by atoms with van der Waals surface area (Å²) < 4.78 is 36.2. The van der Waals surface area contributed by atoms with Crippen molar-refractivity contribution in [3.8, 4) is 12.3 Å². The Labute approximate surface area is 450 Å². The number of nitrogens with zero attached hydrogens (tertiary/aromatic N) is 3. The van der Waals surface area contributed by atoms with Gasteiger partial charge in [0, 0.05) is 83.5 Å². The van der Waals surface area contributed by atoms with Gasteiger partial charge in [-0.15, -0.1) is 6.42 Å². The van der Waals surface area contributed by atoms with Crippen LogP contribution in [0.3, 0.4) is 0 Å². The minimum Gasteiger partial charge on any atom is -0.459 e. The zero-order chi connectivity index (χ0) is 55.7. The second-order valence-electron chi connectivity index (χ2n) is 21.8. The number of aliphatic hydroxyl groups is 2. The lowest BCUT2D eigenvalue weighted by atomic mass is 9.80. The number of aromatic nitrogens is 2. The molecule has 17 heteroatoms. The van der Waals surface area contributed by atoms with Crippen LogP contribution in [0.1, 0.15) is 136 Å². The number of aryl methyl sites for hydroxylation is 1. The maximum Gasteiger partial charge on any atom is 0.329 e. The molecule has 4 aliphatic rings. The Morgan fingerprint density at radius 3 is 2.32 bits per heavy atom. The van der Waals surface area contributed by atoms with Gasteiger partial charge < -0.3 is 49.3 Å². The summed E-state index contributed by atoms with van der Waals surface area (Å²) in [7, 11) is 4.59. The third-order valence-corrected chi connectivity index (χ3v) is 16.0. The molecule has 1 aromatic heterocycles. The number of carbonyl (C=O) groups is 5. The van der Waals surface area contributed by atoms with Crippen molar-refractivity contribution in [1.29, 1.82) is 0 Å². The molecule has 4 heterocycles. The van der Waals surface area contributed by atoms with Crippen molar-refractivity contribution < 1.29 is 62.6 Å². The third-order valence-electron chi connectivity index (χ3n) is 16.0. The van der Waals surface area contributed by atoms with E-state index in [9.17, 15) is 34.2 Å². The lowest BCUT2D eigenvalue weighted by molar-refractivity contribution is -0.265. The molecule has 0 radical (unpaired) electrons. The largest absolute Gasteiger partial charge is 0.459 e. The van der Waals surface area contributed by atoms with Crippen molar-refractivity contribution in [3.63, 3.8) is 0 Å². The molecule has 5 rings (SSSR count). The zero-order valence-electron chi connectivity index (χ0n) is 46.4. The van der Waals surface area contributed by atoms with Crippen molar-refractivity contribution in [2.45, 2.75) is 192 Å². The highest BCUT2D eigenvalue weighted by atomic mass is 16.6. The molecule has 1 aromatic rings. The van der Waals surface area contributed by atoms with Crippen LogP contribution in [0, 0.1) is 41.9 Å².